The van der Waals surface area contributed by atoms with E-state index in [9.17, 15) is 9.59 Å². The third-order valence-electron chi connectivity index (χ3n) is 6.13. The molecule has 0 atom stereocenters. The molecule has 0 spiro atoms. The lowest BCUT2D eigenvalue weighted by atomic mass is 9.80. The minimum Gasteiger partial charge on any atom is -0.356 e. The Hall–Kier alpha value is -1.88. The van der Waals surface area contributed by atoms with Gasteiger partial charge in [-0.3, -0.25) is 9.59 Å². The molecule has 1 saturated carbocycles. The lowest BCUT2D eigenvalue weighted by Crippen LogP contribution is -2.50. The zero-order chi connectivity index (χ0) is 19.1. The highest BCUT2D eigenvalue weighted by Crippen LogP contribution is 2.30. The molecule has 1 aliphatic heterocycles. The van der Waals surface area contributed by atoms with E-state index >= 15 is 0 Å². The molecule has 1 N–H and O–H groups in total. The van der Waals surface area contributed by atoms with Crippen molar-refractivity contribution in [1.82, 2.24) is 15.1 Å². The third kappa shape index (κ3) is 5.55. The van der Waals surface area contributed by atoms with Gasteiger partial charge < -0.3 is 15.1 Å². The van der Waals surface area contributed by atoms with Gasteiger partial charge in [-0.05, 0) is 44.2 Å². The first-order valence-corrected chi connectivity index (χ1v) is 10.5. The SMILES string of the molecule is CCN1CCN(C(=O)C2CCC(C(=O)NCCc3ccccc3)CC2)CC1. The quantitative estimate of drug-likeness (QED) is 0.835. The van der Waals surface area contributed by atoms with Gasteiger partial charge in [0.05, 0.1) is 0 Å². The molecule has 5 heteroatoms. The Bertz CT molecular complexity index is 603. The van der Waals surface area contributed by atoms with Gasteiger partial charge in [-0.15, -0.1) is 0 Å². The van der Waals surface area contributed by atoms with Crippen molar-refractivity contribution in [2.75, 3.05) is 39.3 Å². The summed E-state index contributed by atoms with van der Waals surface area (Å²) >= 11 is 0. The average Bonchev–Trinajstić information content (AvgIpc) is 2.74. The molecule has 3 rings (SSSR count). The second-order valence-corrected chi connectivity index (χ2v) is 7.83. The topological polar surface area (TPSA) is 52.7 Å². The first-order valence-electron chi connectivity index (χ1n) is 10.5. The Labute approximate surface area is 163 Å². The molecule has 148 valence electrons. The van der Waals surface area contributed by atoms with E-state index in [1.165, 1.54) is 5.56 Å². The first-order chi connectivity index (χ1) is 13.2. The summed E-state index contributed by atoms with van der Waals surface area (Å²) in [4.78, 5) is 29.6. The van der Waals surface area contributed by atoms with Crippen LogP contribution in [-0.2, 0) is 16.0 Å². The number of carbonyl (C=O) groups excluding carboxylic acids is 2. The van der Waals surface area contributed by atoms with Crippen molar-refractivity contribution in [1.29, 1.82) is 0 Å². The van der Waals surface area contributed by atoms with Crippen LogP contribution in [0.1, 0.15) is 38.2 Å². The van der Waals surface area contributed by atoms with Gasteiger partial charge in [0.1, 0.15) is 0 Å². The van der Waals surface area contributed by atoms with Crippen molar-refractivity contribution >= 4 is 11.8 Å². The molecular formula is C22H33N3O2. The molecular weight excluding hydrogens is 338 g/mol. The normalized spacial score (nSPS) is 23.8. The van der Waals surface area contributed by atoms with Gasteiger partial charge in [-0.1, -0.05) is 37.3 Å². The molecule has 1 aliphatic carbocycles. The minimum absolute atomic E-state index is 0.0711. The van der Waals surface area contributed by atoms with E-state index in [1.54, 1.807) is 0 Å². The number of hydrogen-bond donors (Lipinski definition) is 1. The van der Waals surface area contributed by atoms with Crippen molar-refractivity contribution in [3.63, 3.8) is 0 Å². The van der Waals surface area contributed by atoms with Crippen molar-refractivity contribution in [3.8, 4) is 0 Å². The Balaban J connectivity index is 1.36. The smallest absolute Gasteiger partial charge is 0.225 e. The van der Waals surface area contributed by atoms with E-state index in [0.717, 1.165) is 64.8 Å². The lowest BCUT2D eigenvalue weighted by Gasteiger charge is -2.37. The van der Waals surface area contributed by atoms with Gasteiger partial charge in [0.2, 0.25) is 11.8 Å². The number of rotatable bonds is 6. The van der Waals surface area contributed by atoms with Crippen LogP contribution in [0.2, 0.25) is 0 Å². The Morgan fingerprint density at radius 1 is 0.963 bits per heavy atom. The predicted molar refractivity (Wildman–Crippen MR) is 107 cm³/mol. The highest BCUT2D eigenvalue weighted by molar-refractivity contribution is 5.81. The molecule has 2 amide bonds. The van der Waals surface area contributed by atoms with Gasteiger partial charge in [-0.25, -0.2) is 0 Å². The molecule has 1 aromatic carbocycles. The third-order valence-corrected chi connectivity index (χ3v) is 6.13. The molecule has 27 heavy (non-hydrogen) atoms. The summed E-state index contributed by atoms with van der Waals surface area (Å²) in [5.41, 5.74) is 1.25. The van der Waals surface area contributed by atoms with Gasteiger partial charge in [0.15, 0.2) is 0 Å². The molecule has 2 aliphatic rings. The lowest BCUT2D eigenvalue weighted by molar-refractivity contribution is -0.140. The number of carbonyl (C=O) groups is 2. The van der Waals surface area contributed by atoms with E-state index in [0.29, 0.717) is 12.5 Å². The zero-order valence-electron chi connectivity index (χ0n) is 16.5. The van der Waals surface area contributed by atoms with Crippen LogP contribution >= 0.6 is 0 Å². The summed E-state index contributed by atoms with van der Waals surface area (Å²) in [6.45, 7) is 7.60. The number of likely N-dealkylation sites (N-methyl/N-ethyl adjacent to an activating group) is 1. The van der Waals surface area contributed by atoms with Gasteiger partial charge in [0.25, 0.3) is 0 Å². The van der Waals surface area contributed by atoms with Gasteiger partial charge in [-0.2, -0.15) is 0 Å². The minimum atomic E-state index is 0.0711. The van der Waals surface area contributed by atoms with Crippen LogP contribution in [0, 0.1) is 11.8 Å². The number of hydrogen-bond acceptors (Lipinski definition) is 3. The molecule has 5 nitrogen and oxygen atoms in total. The number of amides is 2. The van der Waals surface area contributed by atoms with Crippen LogP contribution in [0.15, 0.2) is 30.3 Å². The summed E-state index contributed by atoms with van der Waals surface area (Å²) in [5, 5.41) is 3.08. The van der Waals surface area contributed by atoms with Crippen molar-refractivity contribution in [3.05, 3.63) is 35.9 Å². The Kier molecular flexibility index (Phi) is 7.27. The van der Waals surface area contributed by atoms with Crippen molar-refractivity contribution < 1.29 is 9.59 Å². The van der Waals surface area contributed by atoms with Crippen LogP contribution in [0.25, 0.3) is 0 Å². The average molecular weight is 372 g/mol. The van der Waals surface area contributed by atoms with E-state index in [4.69, 9.17) is 0 Å². The number of piperazine rings is 1. The van der Waals surface area contributed by atoms with E-state index in [-0.39, 0.29) is 17.7 Å². The van der Waals surface area contributed by atoms with Crippen LogP contribution in [0.3, 0.4) is 0 Å². The summed E-state index contributed by atoms with van der Waals surface area (Å²) in [6.07, 6.45) is 4.24. The molecule has 1 heterocycles. The fraction of sp³-hybridized carbons (Fsp3) is 0.636. The fourth-order valence-corrected chi connectivity index (χ4v) is 4.26. The van der Waals surface area contributed by atoms with Crippen LogP contribution in [0.4, 0.5) is 0 Å². The second-order valence-electron chi connectivity index (χ2n) is 7.83. The number of benzene rings is 1. The predicted octanol–water partition coefficient (Wildman–Crippen LogP) is 2.32. The summed E-state index contributed by atoms with van der Waals surface area (Å²) in [5.74, 6) is 0.662. The highest BCUT2D eigenvalue weighted by Gasteiger charge is 2.32. The van der Waals surface area contributed by atoms with E-state index < -0.39 is 0 Å². The van der Waals surface area contributed by atoms with Gasteiger partial charge >= 0.3 is 0 Å². The largest absolute Gasteiger partial charge is 0.356 e. The molecule has 1 saturated heterocycles. The van der Waals surface area contributed by atoms with Crippen LogP contribution < -0.4 is 5.32 Å². The molecule has 0 bridgehead atoms. The van der Waals surface area contributed by atoms with Crippen LogP contribution in [-0.4, -0.2) is 60.9 Å². The van der Waals surface area contributed by atoms with Gasteiger partial charge in [0, 0.05) is 44.6 Å². The van der Waals surface area contributed by atoms with E-state index in [2.05, 4.69) is 29.3 Å². The van der Waals surface area contributed by atoms with Crippen molar-refractivity contribution in [2.45, 2.75) is 39.0 Å². The number of nitrogens with one attached hydrogen (secondary N) is 1. The summed E-state index contributed by atoms with van der Waals surface area (Å²) in [6, 6.07) is 10.2. The Morgan fingerprint density at radius 2 is 1.59 bits per heavy atom. The standard InChI is InChI=1S/C22H33N3O2/c1-2-24-14-16-25(17-15-24)22(27)20-10-8-19(9-11-20)21(26)23-13-12-18-6-4-3-5-7-18/h3-7,19-20H,2,8-17H2,1H3,(H,23,26). The molecule has 2 fully saturated rings. The maximum absolute atomic E-state index is 12.8. The highest BCUT2D eigenvalue weighted by atomic mass is 16.2. The molecule has 1 aromatic rings. The molecule has 0 aromatic heterocycles. The Morgan fingerprint density at radius 3 is 2.22 bits per heavy atom. The first kappa shape index (κ1) is 19.9. The maximum Gasteiger partial charge on any atom is 0.225 e. The summed E-state index contributed by atoms with van der Waals surface area (Å²) in [7, 11) is 0. The summed E-state index contributed by atoms with van der Waals surface area (Å²) < 4.78 is 0. The molecule has 0 unspecified atom stereocenters. The maximum atomic E-state index is 12.8. The van der Waals surface area contributed by atoms with Crippen molar-refractivity contribution in [2.24, 2.45) is 11.8 Å². The monoisotopic (exact) mass is 371 g/mol. The zero-order valence-corrected chi connectivity index (χ0v) is 16.5. The molecule has 0 radical (unpaired) electrons. The number of nitrogens with zero attached hydrogens (tertiary/aromatic N) is 2. The van der Waals surface area contributed by atoms with E-state index in [1.807, 2.05) is 23.1 Å². The second kappa shape index (κ2) is 9.88. The van der Waals surface area contributed by atoms with Crippen LogP contribution in [0.5, 0.6) is 0 Å². The fourth-order valence-electron chi connectivity index (χ4n) is 4.26.